The average molecular weight is 280 g/mol. The van der Waals surface area contributed by atoms with E-state index in [1.165, 1.54) is 0 Å². The summed E-state index contributed by atoms with van der Waals surface area (Å²) in [5.74, 6) is 0.556. The van der Waals surface area contributed by atoms with Gasteiger partial charge in [-0.1, -0.05) is 30.3 Å². The third-order valence-electron chi connectivity index (χ3n) is 4.66. The van der Waals surface area contributed by atoms with Gasteiger partial charge in [-0.2, -0.15) is 0 Å². The van der Waals surface area contributed by atoms with Crippen LogP contribution in [0.1, 0.15) is 29.5 Å². The quantitative estimate of drug-likeness (QED) is 0.917. The molecule has 21 heavy (non-hydrogen) atoms. The number of primary amides is 1. The lowest BCUT2D eigenvalue weighted by Crippen LogP contribution is -2.30. The van der Waals surface area contributed by atoms with Gasteiger partial charge in [0.15, 0.2) is 0 Å². The highest BCUT2D eigenvalue weighted by atomic mass is 16.5. The highest BCUT2D eigenvalue weighted by Gasteiger charge is 2.52. The Morgan fingerprint density at radius 1 is 1.19 bits per heavy atom. The van der Waals surface area contributed by atoms with Crippen LogP contribution >= 0.6 is 0 Å². The fourth-order valence-corrected chi connectivity index (χ4v) is 3.77. The summed E-state index contributed by atoms with van der Waals surface area (Å²) in [6.45, 7) is 0. The van der Waals surface area contributed by atoms with E-state index in [1.54, 1.807) is 6.20 Å². The van der Waals surface area contributed by atoms with E-state index in [9.17, 15) is 4.79 Å². The lowest BCUT2D eigenvalue weighted by molar-refractivity contribution is -0.122. The Morgan fingerprint density at radius 3 is 2.76 bits per heavy atom. The zero-order valence-corrected chi connectivity index (χ0v) is 11.5. The zero-order chi connectivity index (χ0) is 14.4. The number of nitrogens with two attached hydrogens (primary N) is 1. The molecule has 1 aromatic heterocycles. The number of ether oxygens (including phenoxy) is 1. The first-order chi connectivity index (χ1) is 10.3. The van der Waals surface area contributed by atoms with E-state index < -0.39 is 0 Å². The van der Waals surface area contributed by atoms with E-state index in [0.29, 0.717) is 6.42 Å². The van der Waals surface area contributed by atoms with Crippen LogP contribution in [0.3, 0.4) is 0 Å². The van der Waals surface area contributed by atoms with Gasteiger partial charge >= 0.3 is 0 Å². The molecule has 4 unspecified atom stereocenters. The molecule has 0 spiro atoms. The Hall–Kier alpha value is -2.36. The molecule has 2 aromatic rings. The minimum absolute atomic E-state index is 0.00269. The molecule has 1 fully saturated rings. The normalized spacial score (nSPS) is 29.5. The zero-order valence-electron chi connectivity index (χ0n) is 11.5. The second-order valence-corrected chi connectivity index (χ2v) is 5.76. The predicted octanol–water partition coefficient (Wildman–Crippen LogP) is 2.22. The van der Waals surface area contributed by atoms with Crippen molar-refractivity contribution in [2.24, 2.45) is 11.7 Å². The number of aromatic nitrogens is 1. The number of hydrogen-bond donors (Lipinski definition) is 1. The van der Waals surface area contributed by atoms with E-state index >= 15 is 0 Å². The number of hydrogen-bond acceptors (Lipinski definition) is 3. The van der Waals surface area contributed by atoms with E-state index in [4.69, 9.17) is 10.5 Å². The van der Waals surface area contributed by atoms with Gasteiger partial charge in [0.1, 0.15) is 11.9 Å². The summed E-state index contributed by atoms with van der Waals surface area (Å²) in [6, 6.07) is 13.9. The van der Waals surface area contributed by atoms with Gasteiger partial charge in [0, 0.05) is 24.0 Å². The van der Waals surface area contributed by atoms with Crippen molar-refractivity contribution in [3.8, 4) is 5.75 Å². The SMILES string of the molecule is NC(=O)C1CC2c3ncccc3OC2C1c1ccccc1. The molecule has 1 aliphatic heterocycles. The van der Waals surface area contributed by atoms with Crippen molar-refractivity contribution in [2.45, 2.75) is 24.4 Å². The van der Waals surface area contributed by atoms with Gasteiger partial charge in [0.2, 0.25) is 5.91 Å². The van der Waals surface area contributed by atoms with E-state index in [1.807, 2.05) is 42.5 Å². The van der Waals surface area contributed by atoms with Gasteiger partial charge in [-0.05, 0) is 24.1 Å². The standard InChI is InChI=1S/C17H16N2O2/c18-17(20)11-9-12-15-13(7-4-8-19-15)21-16(12)14(11)10-5-2-1-3-6-10/h1-8,11-12,14,16H,9H2,(H2,18,20). The number of carbonyl (C=O) groups is 1. The summed E-state index contributed by atoms with van der Waals surface area (Å²) in [7, 11) is 0. The molecule has 2 N–H and O–H groups in total. The van der Waals surface area contributed by atoms with Crippen LogP contribution in [0, 0.1) is 5.92 Å². The van der Waals surface area contributed by atoms with Crippen molar-refractivity contribution in [1.82, 2.24) is 4.98 Å². The number of nitrogens with zero attached hydrogens (tertiary/aromatic N) is 1. The van der Waals surface area contributed by atoms with Gasteiger partial charge in [0.05, 0.1) is 5.69 Å². The summed E-state index contributed by atoms with van der Waals surface area (Å²) >= 11 is 0. The third kappa shape index (κ3) is 1.82. The minimum Gasteiger partial charge on any atom is -0.487 e. The molecular formula is C17H16N2O2. The molecule has 0 radical (unpaired) electrons. The number of benzene rings is 1. The molecular weight excluding hydrogens is 264 g/mol. The summed E-state index contributed by atoms with van der Waals surface area (Å²) in [5, 5.41) is 0. The Balaban J connectivity index is 1.77. The maximum Gasteiger partial charge on any atom is 0.221 e. The lowest BCUT2D eigenvalue weighted by Gasteiger charge is -2.22. The fraction of sp³-hybridized carbons (Fsp3) is 0.294. The first kappa shape index (κ1) is 12.4. The topological polar surface area (TPSA) is 65.2 Å². The maximum atomic E-state index is 11.9. The van der Waals surface area contributed by atoms with Gasteiger partial charge in [0.25, 0.3) is 0 Å². The second kappa shape index (κ2) is 4.58. The molecule has 2 heterocycles. The number of fused-ring (bicyclic) bond motifs is 3. The molecule has 1 aliphatic carbocycles. The molecule has 2 aliphatic rings. The van der Waals surface area contributed by atoms with Crippen LogP contribution in [-0.4, -0.2) is 17.0 Å². The molecule has 4 heteroatoms. The van der Waals surface area contributed by atoms with Crippen LogP contribution in [0.25, 0.3) is 0 Å². The van der Waals surface area contributed by atoms with Crippen molar-refractivity contribution in [3.63, 3.8) is 0 Å². The molecule has 4 atom stereocenters. The first-order valence-corrected chi connectivity index (χ1v) is 7.21. The largest absolute Gasteiger partial charge is 0.487 e. The molecule has 0 bridgehead atoms. The predicted molar refractivity (Wildman–Crippen MR) is 77.9 cm³/mol. The molecule has 1 saturated carbocycles. The number of rotatable bonds is 2. The molecule has 1 amide bonds. The van der Waals surface area contributed by atoms with Gasteiger partial charge in [-0.15, -0.1) is 0 Å². The van der Waals surface area contributed by atoms with Gasteiger partial charge in [-0.3, -0.25) is 9.78 Å². The summed E-state index contributed by atoms with van der Waals surface area (Å²) < 4.78 is 6.11. The second-order valence-electron chi connectivity index (χ2n) is 5.76. The van der Waals surface area contributed by atoms with Crippen molar-refractivity contribution in [1.29, 1.82) is 0 Å². The summed E-state index contributed by atoms with van der Waals surface area (Å²) in [4.78, 5) is 16.3. The van der Waals surface area contributed by atoms with E-state index in [2.05, 4.69) is 4.98 Å². The smallest absolute Gasteiger partial charge is 0.221 e. The Kier molecular flexibility index (Phi) is 2.70. The Bertz CT molecular complexity index is 686. The fourth-order valence-electron chi connectivity index (χ4n) is 3.77. The monoisotopic (exact) mass is 280 g/mol. The Morgan fingerprint density at radius 2 is 2.00 bits per heavy atom. The van der Waals surface area contributed by atoms with Crippen LogP contribution in [0.4, 0.5) is 0 Å². The lowest BCUT2D eigenvalue weighted by atomic mass is 9.87. The third-order valence-corrected chi connectivity index (χ3v) is 4.66. The molecule has 4 rings (SSSR count). The van der Waals surface area contributed by atoms with Gasteiger partial charge < -0.3 is 10.5 Å². The number of carbonyl (C=O) groups excluding carboxylic acids is 1. The van der Waals surface area contributed by atoms with E-state index in [-0.39, 0.29) is 29.8 Å². The number of pyridine rings is 1. The maximum absolute atomic E-state index is 11.9. The molecule has 106 valence electrons. The van der Waals surface area contributed by atoms with Crippen molar-refractivity contribution in [3.05, 3.63) is 59.9 Å². The average Bonchev–Trinajstić information content (AvgIpc) is 3.04. The summed E-state index contributed by atoms with van der Waals surface area (Å²) in [5.41, 5.74) is 7.71. The molecule has 0 saturated heterocycles. The van der Waals surface area contributed by atoms with Crippen molar-refractivity contribution < 1.29 is 9.53 Å². The molecule has 4 nitrogen and oxygen atoms in total. The van der Waals surface area contributed by atoms with E-state index in [0.717, 1.165) is 17.0 Å². The van der Waals surface area contributed by atoms with Gasteiger partial charge in [-0.25, -0.2) is 0 Å². The summed E-state index contributed by atoms with van der Waals surface area (Å²) in [6.07, 6.45) is 2.44. The molecule has 1 aromatic carbocycles. The van der Waals surface area contributed by atoms with Crippen LogP contribution in [0.5, 0.6) is 5.75 Å². The van der Waals surface area contributed by atoms with Crippen LogP contribution in [-0.2, 0) is 4.79 Å². The Labute approximate surface area is 123 Å². The van der Waals surface area contributed by atoms with Crippen LogP contribution < -0.4 is 10.5 Å². The first-order valence-electron chi connectivity index (χ1n) is 7.21. The van der Waals surface area contributed by atoms with Crippen LogP contribution in [0.15, 0.2) is 48.7 Å². The van der Waals surface area contributed by atoms with Crippen LogP contribution in [0.2, 0.25) is 0 Å². The van der Waals surface area contributed by atoms with Crippen molar-refractivity contribution in [2.75, 3.05) is 0 Å². The highest BCUT2D eigenvalue weighted by molar-refractivity contribution is 5.79. The van der Waals surface area contributed by atoms with Crippen molar-refractivity contribution >= 4 is 5.91 Å². The minimum atomic E-state index is -0.251. The highest BCUT2D eigenvalue weighted by Crippen LogP contribution is 2.54. The number of amides is 1.